The largest absolute Gasteiger partial charge is 0.396 e. The highest BCUT2D eigenvalue weighted by atomic mass is 32.2. The molecule has 0 aliphatic heterocycles. The zero-order valence-electron chi connectivity index (χ0n) is 6.05. The smallest absolute Gasteiger partial charge is 0.0521 e. The van der Waals surface area contributed by atoms with Gasteiger partial charge in [0, 0.05) is 11.5 Å². The van der Waals surface area contributed by atoms with Crippen molar-refractivity contribution in [2.45, 2.75) is 13.8 Å². The quantitative estimate of drug-likeness (QED) is 0.481. The van der Waals surface area contributed by atoms with Gasteiger partial charge in [-0.2, -0.15) is 11.8 Å². The van der Waals surface area contributed by atoms with Crippen LogP contribution in [0.15, 0.2) is 11.6 Å². The highest BCUT2D eigenvalue weighted by Crippen LogP contribution is 2.05. The van der Waals surface area contributed by atoms with Crippen molar-refractivity contribution in [1.82, 2.24) is 0 Å². The van der Waals surface area contributed by atoms with E-state index in [9.17, 15) is 0 Å². The fourth-order valence-electron chi connectivity index (χ4n) is 0.381. The molecule has 0 rings (SSSR count). The van der Waals surface area contributed by atoms with E-state index in [4.69, 9.17) is 5.11 Å². The molecule has 0 saturated heterocycles. The molecule has 0 spiro atoms. The van der Waals surface area contributed by atoms with Crippen molar-refractivity contribution in [3.05, 3.63) is 11.6 Å². The zero-order chi connectivity index (χ0) is 7.11. The van der Waals surface area contributed by atoms with Gasteiger partial charge in [-0.15, -0.1) is 0 Å². The summed E-state index contributed by atoms with van der Waals surface area (Å²) in [6.45, 7) is 4.43. The molecule has 0 bridgehead atoms. The van der Waals surface area contributed by atoms with Crippen LogP contribution in [0.2, 0.25) is 0 Å². The predicted molar refractivity (Wildman–Crippen MR) is 43.8 cm³/mol. The molecule has 2 heteroatoms. The van der Waals surface area contributed by atoms with Gasteiger partial charge in [0.2, 0.25) is 0 Å². The first kappa shape index (κ1) is 9.05. The summed E-state index contributed by atoms with van der Waals surface area (Å²) < 4.78 is 0. The average Bonchev–Trinajstić information content (AvgIpc) is 1.89. The normalized spacial score (nSPS) is 12.1. The number of aliphatic hydroxyl groups is 1. The Morgan fingerprint density at radius 3 is 2.78 bits per heavy atom. The van der Waals surface area contributed by atoms with E-state index in [2.05, 4.69) is 13.0 Å². The third kappa shape index (κ3) is 5.93. The minimum Gasteiger partial charge on any atom is -0.396 e. The lowest BCUT2D eigenvalue weighted by Gasteiger charge is -1.96. The lowest BCUT2D eigenvalue weighted by atomic mass is 10.3. The summed E-state index contributed by atoms with van der Waals surface area (Å²) in [6.07, 6.45) is 2.10. The third-order valence-corrected chi connectivity index (χ3v) is 2.19. The van der Waals surface area contributed by atoms with Crippen molar-refractivity contribution in [3.8, 4) is 0 Å². The first-order valence-electron chi connectivity index (χ1n) is 3.11. The Hall–Kier alpha value is 0.0500. The van der Waals surface area contributed by atoms with Crippen molar-refractivity contribution in [2.24, 2.45) is 0 Å². The van der Waals surface area contributed by atoms with Crippen molar-refractivity contribution < 1.29 is 5.11 Å². The van der Waals surface area contributed by atoms with Crippen LogP contribution in [-0.4, -0.2) is 23.2 Å². The van der Waals surface area contributed by atoms with Gasteiger partial charge < -0.3 is 5.11 Å². The number of aliphatic hydroxyl groups excluding tert-OH is 1. The van der Waals surface area contributed by atoms with Crippen molar-refractivity contribution in [1.29, 1.82) is 0 Å². The summed E-state index contributed by atoms with van der Waals surface area (Å²) in [5, 5.41) is 8.41. The van der Waals surface area contributed by atoms with E-state index in [1.54, 1.807) is 11.8 Å². The highest BCUT2D eigenvalue weighted by Gasteiger charge is 1.87. The molecule has 9 heavy (non-hydrogen) atoms. The van der Waals surface area contributed by atoms with Crippen molar-refractivity contribution >= 4 is 11.8 Å². The Morgan fingerprint density at radius 2 is 2.33 bits per heavy atom. The SMILES string of the molecule is C/C=C(\C)CSCCO. The van der Waals surface area contributed by atoms with Crippen LogP contribution < -0.4 is 0 Å². The number of hydrogen-bond acceptors (Lipinski definition) is 2. The second-order valence-electron chi connectivity index (χ2n) is 1.91. The Bertz CT molecular complexity index is 88.9. The molecule has 0 heterocycles. The Kier molecular flexibility index (Phi) is 6.21. The first-order chi connectivity index (χ1) is 4.31. The Balaban J connectivity index is 3.07. The molecule has 0 unspecified atom stereocenters. The molecular formula is C7H14OS. The number of thioether (sulfide) groups is 1. The van der Waals surface area contributed by atoms with Gasteiger partial charge in [0.25, 0.3) is 0 Å². The number of hydrogen-bond donors (Lipinski definition) is 1. The fraction of sp³-hybridized carbons (Fsp3) is 0.714. The molecule has 0 fully saturated rings. The van der Waals surface area contributed by atoms with Crippen LogP contribution in [0.1, 0.15) is 13.8 Å². The van der Waals surface area contributed by atoms with E-state index >= 15 is 0 Å². The first-order valence-corrected chi connectivity index (χ1v) is 4.27. The van der Waals surface area contributed by atoms with Crippen LogP contribution in [0.5, 0.6) is 0 Å². The predicted octanol–water partition coefficient (Wildman–Crippen LogP) is 1.68. The Labute approximate surface area is 61.2 Å². The monoisotopic (exact) mass is 146 g/mol. The fourth-order valence-corrected chi connectivity index (χ4v) is 1.14. The Morgan fingerprint density at radius 1 is 1.67 bits per heavy atom. The summed E-state index contributed by atoms with van der Waals surface area (Å²) >= 11 is 1.77. The summed E-state index contributed by atoms with van der Waals surface area (Å²) in [5.74, 6) is 1.90. The van der Waals surface area contributed by atoms with Crippen molar-refractivity contribution in [2.75, 3.05) is 18.1 Å². The van der Waals surface area contributed by atoms with Gasteiger partial charge in [-0.3, -0.25) is 0 Å². The van der Waals surface area contributed by atoms with Gasteiger partial charge in [-0.1, -0.05) is 11.6 Å². The number of allylic oxidation sites excluding steroid dienone is 1. The maximum Gasteiger partial charge on any atom is 0.0521 e. The molecule has 1 nitrogen and oxygen atoms in total. The second kappa shape index (κ2) is 6.17. The van der Waals surface area contributed by atoms with Crippen molar-refractivity contribution in [3.63, 3.8) is 0 Å². The van der Waals surface area contributed by atoms with Crippen LogP contribution in [0.25, 0.3) is 0 Å². The van der Waals surface area contributed by atoms with Crippen LogP contribution in [-0.2, 0) is 0 Å². The van der Waals surface area contributed by atoms with E-state index in [1.807, 2.05) is 6.92 Å². The summed E-state index contributed by atoms with van der Waals surface area (Å²) in [7, 11) is 0. The molecule has 0 saturated carbocycles. The minimum absolute atomic E-state index is 0.293. The standard InChI is InChI=1S/C7H14OS/c1-3-7(2)6-9-5-4-8/h3,8H,4-6H2,1-2H3/b7-3+. The second-order valence-corrected chi connectivity index (χ2v) is 3.02. The lowest BCUT2D eigenvalue weighted by molar-refractivity contribution is 0.322. The molecule has 0 atom stereocenters. The molecule has 0 aliphatic carbocycles. The molecule has 0 aromatic carbocycles. The van der Waals surface area contributed by atoms with E-state index < -0.39 is 0 Å². The van der Waals surface area contributed by atoms with Gasteiger partial charge in [0.1, 0.15) is 0 Å². The van der Waals surface area contributed by atoms with Gasteiger partial charge in [-0.05, 0) is 13.8 Å². The molecule has 0 aliphatic rings. The van der Waals surface area contributed by atoms with Crippen LogP contribution >= 0.6 is 11.8 Å². The molecule has 0 aromatic heterocycles. The van der Waals surface area contributed by atoms with Crippen LogP contribution in [0.4, 0.5) is 0 Å². The third-order valence-electron chi connectivity index (χ3n) is 1.06. The highest BCUT2D eigenvalue weighted by molar-refractivity contribution is 7.99. The maximum absolute atomic E-state index is 8.41. The van der Waals surface area contributed by atoms with E-state index in [0.29, 0.717) is 6.61 Å². The van der Waals surface area contributed by atoms with Gasteiger partial charge in [-0.25, -0.2) is 0 Å². The molecular weight excluding hydrogens is 132 g/mol. The topological polar surface area (TPSA) is 20.2 Å². The van der Waals surface area contributed by atoms with Crippen LogP contribution in [0.3, 0.4) is 0 Å². The molecule has 0 radical (unpaired) electrons. The molecule has 0 aromatic rings. The minimum atomic E-state index is 0.293. The number of rotatable bonds is 4. The van der Waals surface area contributed by atoms with Gasteiger partial charge in [0.05, 0.1) is 6.61 Å². The van der Waals surface area contributed by atoms with Gasteiger partial charge >= 0.3 is 0 Å². The van der Waals surface area contributed by atoms with E-state index in [-0.39, 0.29) is 0 Å². The van der Waals surface area contributed by atoms with Crippen LogP contribution in [0, 0.1) is 0 Å². The summed E-state index contributed by atoms with van der Waals surface area (Å²) in [4.78, 5) is 0. The maximum atomic E-state index is 8.41. The zero-order valence-corrected chi connectivity index (χ0v) is 6.87. The molecule has 0 amide bonds. The van der Waals surface area contributed by atoms with E-state index in [0.717, 1.165) is 11.5 Å². The lowest BCUT2D eigenvalue weighted by Crippen LogP contribution is -1.88. The van der Waals surface area contributed by atoms with Gasteiger partial charge in [0.15, 0.2) is 0 Å². The van der Waals surface area contributed by atoms with E-state index in [1.165, 1.54) is 5.57 Å². The average molecular weight is 146 g/mol. The summed E-state index contributed by atoms with van der Waals surface area (Å²) in [6, 6.07) is 0. The molecule has 54 valence electrons. The summed E-state index contributed by atoms with van der Waals surface area (Å²) in [5.41, 5.74) is 1.38. The molecule has 1 N–H and O–H groups in total.